The highest BCUT2D eigenvalue weighted by Gasteiger charge is 2.08. The molecule has 6 heteroatoms. The molecule has 2 aromatic heterocycles. The molecular weight excluding hydrogens is 268 g/mol. The SMILES string of the molecule is COc1ncccc1Cn1cnc2ccc(N)cc2c1=O. The van der Waals surface area contributed by atoms with Crippen molar-refractivity contribution >= 4 is 16.6 Å². The van der Waals surface area contributed by atoms with Gasteiger partial charge in [-0.2, -0.15) is 0 Å². The molecule has 0 amide bonds. The summed E-state index contributed by atoms with van der Waals surface area (Å²) in [5.74, 6) is 0.497. The van der Waals surface area contributed by atoms with Gasteiger partial charge in [0.15, 0.2) is 0 Å². The van der Waals surface area contributed by atoms with E-state index in [1.165, 1.54) is 10.9 Å². The number of nitrogens with zero attached hydrogens (tertiary/aromatic N) is 3. The minimum atomic E-state index is -0.141. The summed E-state index contributed by atoms with van der Waals surface area (Å²) in [6, 6.07) is 8.77. The number of nitrogen functional groups attached to an aromatic ring is 1. The molecule has 0 atom stereocenters. The molecule has 0 saturated heterocycles. The highest BCUT2D eigenvalue weighted by atomic mass is 16.5. The lowest BCUT2D eigenvalue weighted by Crippen LogP contribution is -2.21. The molecule has 0 aliphatic heterocycles. The second-order valence-corrected chi connectivity index (χ2v) is 4.63. The van der Waals surface area contributed by atoms with Crippen LogP contribution in [0, 0.1) is 0 Å². The van der Waals surface area contributed by atoms with Crippen LogP contribution >= 0.6 is 0 Å². The van der Waals surface area contributed by atoms with Crippen LogP contribution in [0.5, 0.6) is 5.88 Å². The molecule has 0 radical (unpaired) electrons. The van der Waals surface area contributed by atoms with E-state index in [2.05, 4.69) is 9.97 Å². The standard InChI is InChI=1S/C15H14N4O2/c1-21-14-10(3-2-6-17-14)8-19-9-18-13-5-4-11(16)7-12(13)15(19)20/h2-7,9H,8,16H2,1H3. The maximum atomic E-state index is 12.5. The van der Waals surface area contributed by atoms with Crippen molar-refractivity contribution in [1.82, 2.24) is 14.5 Å². The number of hydrogen-bond acceptors (Lipinski definition) is 5. The van der Waals surface area contributed by atoms with Gasteiger partial charge in [0, 0.05) is 17.4 Å². The summed E-state index contributed by atoms with van der Waals surface area (Å²) in [5, 5.41) is 0.500. The van der Waals surface area contributed by atoms with E-state index in [4.69, 9.17) is 10.5 Å². The Balaban J connectivity index is 2.09. The number of fused-ring (bicyclic) bond motifs is 1. The Bertz CT molecular complexity index is 858. The lowest BCUT2D eigenvalue weighted by molar-refractivity contribution is 0.391. The Labute approximate surface area is 120 Å². The highest BCUT2D eigenvalue weighted by molar-refractivity contribution is 5.80. The van der Waals surface area contributed by atoms with E-state index in [-0.39, 0.29) is 5.56 Å². The zero-order valence-corrected chi connectivity index (χ0v) is 11.5. The normalized spacial score (nSPS) is 10.7. The van der Waals surface area contributed by atoms with Gasteiger partial charge in [-0.1, -0.05) is 6.07 Å². The fourth-order valence-electron chi connectivity index (χ4n) is 2.20. The Kier molecular flexibility index (Phi) is 3.27. The number of hydrogen-bond donors (Lipinski definition) is 1. The van der Waals surface area contributed by atoms with E-state index >= 15 is 0 Å². The number of nitrogens with two attached hydrogens (primary N) is 1. The van der Waals surface area contributed by atoms with Crippen molar-refractivity contribution in [3.8, 4) is 5.88 Å². The molecule has 0 aliphatic rings. The van der Waals surface area contributed by atoms with Crippen molar-refractivity contribution < 1.29 is 4.74 Å². The topological polar surface area (TPSA) is 83.0 Å². The van der Waals surface area contributed by atoms with Crippen molar-refractivity contribution in [2.75, 3.05) is 12.8 Å². The minimum absolute atomic E-state index is 0.141. The summed E-state index contributed by atoms with van der Waals surface area (Å²) < 4.78 is 6.71. The molecule has 3 aromatic rings. The summed E-state index contributed by atoms with van der Waals surface area (Å²) >= 11 is 0. The maximum Gasteiger partial charge on any atom is 0.261 e. The second-order valence-electron chi connectivity index (χ2n) is 4.63. The van der Waals surface area contributed by atoms with Crippen molar-refractivity contribution in [3.05, 3.63) is 58.8 Å². The fraction of sp³-hybridized carbons (Fsp3) is 0.133. The van der Waals surface area contributed by atoms with Crippen LogP contribution in [0.2, 0.25) is 0 Å². The zero-order chi connectivity index (χ0) is 14.8. The van der Waals surface area contributed by atoms with Crippen LogP contribution in [0.3, 0.4) is 0 Å². The highest BCUT2D eigenvalue weighted by Crippen LogP contribution is 2.15. The van der Waals surface area contributed by atoms with Gasteiger partial charge in [0.25, 0.3) is 5.56 Å². The summed E-state index contributed by atoms with van der Waals surface area (Å²) in [6.07, 6.45) is 3.16. The first-order valence-corrected chi connectivity index (χ1v) is 6.41. The summed E-state index contributed by atoms with van der Waals surface area (Å²) in [5.41, 5.74) is 7.58. The molecule has 0 saturated carbocycles. The third-order valence-electron chi connectivity index (χ3n) is 3.23. The summed E-state index contributed by atoms with van der Waals surface area (Å²) in [6.45, 7) is 0.341. The molecule has 2 N–H and O–H groups in total. The van der Waals surface area contributed by atoms with Crippen molar-refractivity contribution in [2.45, 2.75) is 6.54 Å². The number of anilines is 1. The Morgan fingerprint density at radius 1 is 1.29 bits per heavy atom. The van der Waals surface area contributed by atoms with Gasteiger partial charge in [0.1, 0.15) is 0 Å². The molecule has 1 aromatic carbocycles. The zero-order valence-electron chi connectivity index (χ0n) is 11.5. The number of aromatic nitrogens is 3. The van der Waals surface area contributed by atoms with E-state index in [0.717, 1.165) is 5.56 Å². The minimum Gasteiger partial charge on any atom is -0.481 e. The molecule has 0 spiro atoms. The van der Waals surface area contributed by atoms with Gasteiger partial charge >= 0.3 is 0 Å². The first kappa shape index (κ1) is 13.1. The lowest BCUT2D eigenvalue weighted by atomic mass is 10.2. The van der Waals surface area contributed by atoms with Gasteiger partial charge in [-0.3, -0.25) is 9.36 Å². The predicted molar refractivity (Wildman–Crippen MR) is 80.3 cm³/mol. The lowest BCUT2D eigenvalue weighted by Gasteiger charge is -2.09. The second kappa shape index (κ2) is 5.24. The average Bonchev–Trinajstić information content (AvgIpc) is 2.51. The molecule has 3 rings (SSSR count). The molecule has 21 heavy (non-hydrogen) atoms. The molecule has 106 valence electrons. The van der Waals surface area contributed by atoms with Gasteiger partial charge < -0.3 is 10.5 Å². The van der Waals surface area contributed by atoms with Crippen molar-refractivity contribution in [3.63, 3.8) is 0 Å². The van der Waals surface area contributed by atoms with Crippen LogP contribution < -0.4 is 16.0 Å². The smallest absolute Gasteiger partial charge is 0.261 e. The summed E-state index contributed by atoms with van der Waals surface area (Å²) in [7, 11) is 1.55. The first-order valence-electron chi connectivity index (χ1n) is 6.41. The Morgan fingerprint density at radius 2 is 2.14 bits per heavy atom. The van der Waals surface area contributed by atoms with Gasteiger partial charge in [-0.25, -0.2) is 9.97 Å². The van der Waals surface area contributed by atoms with E-state index in [9.17, 15) is 4.79 Å². The van der Waals surface area contributed by atoms with Crippen LogP contribution in [-0.4, -0.2) is 21.6 Å². The van der Waals surface area contributed by atoms with Gasteiger partial charge in [-0.05, 0) is 24.3 Å². The third-order valence-corrected chi connectivity index (χ3v) is 3.23. The number of benzene rings is 1. The monoisotopic (exact) mass is 282 g/mol. The molecule has 0 bridgehead atoms. The van der Waals surface area contributed by atoms with Crippen LogP contribution in [0.1, 0.15) is 5.56 Å². The molecule has 2 heterocycles. The number of ether oxygens (including phenoxy) is 1. The molecule has 6 nitrogen and oxygen atoms in total. The van der Waals surface area contributed by atoms with E-state index in [1.54, 1.807) is 37.6 Å². The fourth-order valence-corrected chi connectivity index (χ4v) is 2.20. The first-order chi connectivity index (χ1) is 10.2. The van der Waals surface area contributed by atoms with Crippen LogP contribution in [-0.2, 0) is 6.54 Å². The average molecular weight is 282 g/mol. The number of methoxy groups -OCH3 is 1. The third kappa shape index (κ3) is 2.43. The number of pyridine rings is 1. The maximum absolute atomic E-state index is 12.5. The quantitative estimate of drug-likeness (QED) is 0.735. The van der Waals surface area contributed by atoms with Crippen LogP contribution in [0.4, 0.5) is 5.69 Å². The van der Waals surface area contributed by atoms with Crippen molar-refractivity contribution in [1.29, 1.82) is 0 Å². The number of rotatable bonds is 3. The molecule has 0 aliphatic carbocycles. The van der Waals surface area contributed by atoms with Gasteiger partial charge in [0.2, 0.25) is 5.88 Å². The van der Waals surface area contributed by atoms with E-state index < -0.39 is 0 Å². The Morgan fingerprint density at radius 3 is 2.95 bits per heavy atom. The van der Waals surface area contributed by atoms with Gasteiger partial charge in [-0.15, -0.1) is 0 Å². The molecule has 0 fully saturated rings. The molecule has 0 unspecified atom stereocenters. The molecular formula is C15H14N4O2. The largest absolute Gasteiger partial charge is 0.481 e. The van der Waals surface area contributed by atoms with Gasteiger partial charge in [0.05, 0.1) is 30.9 Å². The van der Waals surface area contributed by atoms with E-state index in [0.29, 0.717) is 29.0 Å². The Hall–Kier alpha value is -2.89. The van der Waals surface area contributed by atoms with E-state index in [1.807, 2.05) is 6.07 Å². The van der Waals surface area contributed by atoms with Crippen LogP contribution in [0.25, 0.3) is 10.9 Å². The van der Waals surface area contributed by atoms with Crippen molar-refractivity contribution in [2.24, 2.45) is 0 Å². The summed E-state index contributed by atoms with van der Waals surface area (Å²) in [4.78, 5) is 20.9. The van der Waals surface area contributed by atoms with Crippen LogP contribution in [0.15, 0.2) is 47.7 Å². The predicted octanol–water partition coefficient (Wildman–Crippen LogP) is 1.43.